The number of hydrogen-bond donors (Lipinski definition) is 0. The van der Waals surface area contributed by atoms with Crippen molar-refractivity contribution >= 4 is 11.3 Å². The number of hydrogen-bond acceptors (Lipinski definition) is 4. The SMILES string of the molecule is COc1ccc(-c2nc(C)c(OC)s2)cc1F. The van der Waals surface area contributed by atoms with Gasteiger partial charge >= 0.3 is 0 Å². The molecule has 0 radical (unpaired) electrons. The highest BCUT2D eigenvalue weighted by atomic mass is 32.1. The predicted octanol–water partition coefficient (Wildman–Crippen LogP) is 3.27. The number of benzene rings is 1. The fourth-order valence-corrected chi connectivity index (χ4v) is 2.37. The van der Waals surface area contributed by atoms with Gasteiger partial charge in [-0.1, -0.05) is 11.3 Å². The molecule has 2 rings (SSSR count). The van der Waals surface area contributed by atoms with Crippen molar-refractivity contribution < 1.29 is 13.9 Å². The minimum Gasteiger partial charge on any atom is -0.494 e. The van der Waals surface area contributed by atoms with E-state index in [1.165, 1.54) is 24.5 Å². The van der Waals surface area contributed by atoms with Crippen LogP contribution in [0.5, 0.6) is 10.8 Å². The van der Waals surface area contributed by atoms with E-state index in [4.69, 9.17) is 9.47 Å². The fraction of sp³-hybridized carbons (Fsp3) is 0.250. The van der Waals surface area contributed by atoms with Crippen molar-refractivity contribution in [1.29, 1.82) is 0 Å². The zero-order valence-electron chi connectivity index (χ0n) is 9.78. The van der Waals surface area contributed by atoms with Crippen molar-refractivity contribution in [3.8, 4) is 21.4 Å². The molecule has 0 aliphatic heterocycles. The fourth-order valence-electron chi connectivity index (χ4n) is 1.49. The van der Waals surface area contributed by atoms with Crippen LogP contribution in [0.4, 0.5) is 4.39 Å². The van der Waals surface area contributed by atoms with Gasteiger partial charge in [0.1, 0.15) is 5.01 Å². The predicted molar refractivity (Wildman–Crippen MR) is 65.3 cm³/mol. The summed E-state index contributed by atoms with van der Waals surface area (Å²) in [5.41, 5.74) is 1.53. The van der Waals surface area contributed by atoms with E-state index in [0.717, 1.165) is 21.3 Å². The van der Waals surface area contributed by atoms with Crippen molar-refractivity contribution in [3.63, 3.8) is 0 Å². The summed E-state index contributed by atoms with van der Waals surface area (Å²) >= 11 is 1.39. The topological polar surface area (TPSA) is 31.4 Å². The van der Waals surface area contributed by atoms with Crippen LogP contribution in [0, 0.1) is 12.7 Å². The molecule has 3 nitrogen and oxygen atoms in total. The van der Waals surface area contributed by atoms with Crippen molar-refractivity contribution in [2.75, 3.05) is 14.2 Å². The molecule has 0 unspecified atom stereocenters. The molecule has 0 spiro atoms. The summed E-state index contributed by atoms with van der Waals surface area (Å²) in [4.78, 5) is 4.33. The molecule has 1 heterocycles. The Bertz CT molecular complexity index is 539. The molecule has 0 N–H and O–H groups in total. The highest BCUT2D eigenvalue weighted by molar-refractivity contribution is 7.17. The molecular formula is C12H12FNO2S. The van der Waals surface area contributed by atoms with E-state index in [1.807, 2.05) is 6.92 Å². The highest BCUT2D eigenvalue weighted by Crippen LogP contribution is 2.34. The average Bonchev–Trinajstić information content (AvgIpc) is 2.70. The normalized spacial score (nSPS) is 10.4. The Morgan fingerprint density at radius 2 is 2.00 bits per heavy atom. The molecule has 1 aromatic carbocycles. The molecule has 0 aliphatic carbocycles. The van der Waals surface area contributed by atoms with Gasteiger partial charge < -0.3 is 9.47 Å². The number of halogens is 1. The zero-order chi connectivity index (χ0) is 12.4. The Morgan fingerprint density at radius 1 is 1.24 bits per heavy atom. The van der Waals surface area contributed by atoms with Crippen LogP contribution in [0.25, 0.3) is 10.6 Å². The quantitative estimate of drug-likeness (QED) is 0.841. The van der Waals surface area contributed by atoms with Crippen LogP contribution in [0.3, 0.4) is 0 Å². The molecule has 0 amide bonds. The Hall–Kier alpha value is -1.62. The average molecular weight is 253 g/mol. The Kier molecular flexibility index (Phi) is 3.28. The first-order valence-electron chi connectivity index (χ1n) is 5.01. The molecule has 5 heteroatoms. The second kappa shape index (κ2) is 4.71. The van der Waals surface area contributed by atoms with Gasteiger partial charge in [-0.05, 0) is 25.1 Å². The summed E-state index contributed by atoms with van der Waals surface area (Å²) in [7, 11) is 3.04. The third kappa shape index (κ3) is 2.24. The monoisotopic (exact) mass is 253 g/mol. The molecule has 0 saturated heterocycles. The van der Waals surface area contributed by atoms with Gasteiger partial charge in [-0.25, -0.2) is 9.37 Å². The van der Waals surface area contributed by atoms with E-state index < -0.39 is 5.82 Å². The number of nitrogens with zero attached hydrogens (tertiary/aromatic N) is 1. The molecule has 0 atom stereocenters. The highest BCUT2D eigenvalue weighted by Gasteiger charge is 2.11. The summed E-state index contributed by atoms with van der Waals surface area (Å²) in [6.45, 7) is 1.86. The van der Waals surface area contributed by atoms with E-state index in [2.05, 4.69) is 4.98 Å². The molecular weight excluding hydrogens is 241 g/mol. The van der Waals surface area contributed by atoms with Gasteiger partial charge in [0.2, 0.25) is 0 Å². The lowest BCUT2D eigenvalue weighted by Gasteiger charge is -2.02. The maximum atomic E-state index is 13.5. The minimum absolute atomic E-state index is 0.231. The summed E-state index contributed by atoms with van der Waals surface area (Å²) in [6.07, 6.45) is 0. The number of aromatic nitrogens is 1. The number of aryl methyl sites for hydroxylation is 1. The van der Waals surface area contributed by atoms with Crippen LogP contribution in [-0.4, -0.2) is 19.2 Å². The molecule has 0 aliphatic rings. The zero-order valence-corrected chi connectivity index (χ0v) is 10.6. The third-order valence-electron chi connectivity index (χ3n) is 2.34. The third-order valence-corrected chi connectivity index (χ3v) is 3.51. The van der Waals surface area contributed by atoms with E-state index >= 15 is 0 Å². The summed E-state index contributed by atoms with van der Waals surface area (Å²) in [5.74, 6) is -0.161. The van der Waals surface area contributed by atoms with Gasteiger partial charge in [-0.2, -0.15) is 0 Å². The largest absolute Gasteiger partial charge is 0.494 e. The first-order valence-corrected chi connectivity index (χ1v) is 5.82. The standard InChI is InChI=1S/C12H12FNO2S/c1-7-12(16-3)17-11(14-7)8-4-5-10(15-2)9(13)6-8/h4-6H,1-3H3. The van der Waals surface area contributed by atoms with Crippen molar-refractivity contribution in [2.24, 2.45) is 0 Å². The summed E-state index contributed by atoms with van der Waals surface area (Å²) in [6, 6.07) is 4.78. The lowest BCUT2D eigenvalue weighted by atomic mass is 10.2. The number of ether oxygens (including phenoxy) is 2. The number of rotatable bonds is 3. The van der Waals surface area contributed by atoms with Gasteiger partial charge in [0, 0.05) is 5.56 Å². The lowest BCUT2D eigenvalue weighted by Crippen LogP contribution is -1.88. The Balaban J connectivity index is 2.42. The maximum Gasteiger partial charge on any atom is 0.197 e. The maximum absolute atomic E-state index is 13.5. The molecule has 2 aromatic rings. The van der Waals surface area contributed by atoms with Gasteiger partial charge in [-0.15, -0.1) is 0 Å². The van der Waals surface area contributed by atoms with Crippen LogP contribution in [0.2, 0.25) is 0 Å². The second-order valence-corrected chi connectivity index (χ2v) is 4.41. The summed E-state index contributed by atoms with van der Waals surface area (Å²) in [5, 5.41) is 1.48. The van der Waals surface area contributed by atoms with Crippen LogP contribution < -0.4 is 9.47 Å². The van der Waals surface area contributed by atoms with E-state index in [9.17, 15) is 4.39 Å². The van der Waals surface area contributed by atoms with E-state index in [0.29, 0.717) is 0 Å². The second-order valence-electron chi connectivity index (χ2n) is 3.45. The van der Waals surface area contributed by atoms with Crippen molar-refractivity contribution in [2.45, 2.75) is 6.92 Å². The lowest BCUT2D eigenvalue weighted by molar-refractivity contribution is 0.386. The number of thiazole rings is 1. The van der Waals surface area contributed by atoms with Crippen LogP contribution in [0.1, 0.15) is 5.69 Å². The minimum atomic E-state index is -0.392. The van der Waals surface area contributed by atoms with Gasteiger partial charge in [0.15, 0.2) is 16.6 Å². The van der Waals surface area contributed by atoms with Crippen LogP contribution >= 0.6 is 11.3 Å². The van der Waals surface area contributed by atoms with E-state index in [1.54, 1.807) is 19.2 Å². The van der Waals surface area contributed by atoms with Gasteiger partial charge in [0.05, 0.1) is 19.9 Å². The number of methoxy groups -OCH3 is 2. The molecule has 0 bridgehead atoms. The van der Waals surface area contributed by atoms with Crippen LogP contribution in [0.15, 0.2) is 18.2 Å². The van der Waals surface area contributed by atoms with E-state index in [-0.39, 0.29) is 5.75 Å². The van der Waals surface area contributed by atoms with Crippen LogP contribution in [-0.2, 0) is 0 Å². The van der Waals surface area contributed by atoms with Gasteiger partial charge in [0.25, 0.3) is 0 Å². The Morgan fingerprint density at radius 3 is 2.53 bits per heavy atom. The first-order chi connectivity index (χ1) is 8.15. The smallest absolute Gasteiger partial charge is 0.197 e. The molecule has 17 heavy (non-hydrogen) atoms. The van der Waals surface area contributed by atoms with Crippen molar-refractivity contribution in [3.05, 3.63) is 29.7 Å². The Labute approximate surface area is 103 Å². The summed E-state index contributed by atoms with van der Waals surface area (Å²) < 4.78 is 23.6. The first kappa shape index (κ1) is 11.9. The molecule has 1 aromatic heterocycles. The molecule has 0 saturated carbocycles. The van der Waals surface area contributed by atoms with Crippen molar-refractivity contribution in [1.82, 2.24) is 4.98 Å². The molecule has 0 fully saturated rings. The van der Waals surface area contributed by atoms with Gasteiger partial charge in [-0.3, -0.25) is 0 Å². The molecule has 90 valence electrons.